The van der Waals surface area contributed by atoms with E-state index in [-0.39, 0.29) is 87.3 Å². The Morgan fingerprint density at radius 1 is 0.504 bits per heavy atom. The molecular formula is C80H90ClF4N27O3. The summed E-state index contributed by atoms with van der Waals surface area (Å²) in [6.07, 6.45) is 8.34. The number of nitrogens with two attached hydrogens (primary N) is 2. The summed E-state index contributed by atoms with van der Waals surface area (Å²) in [7, 11) is 1.54. The number of aliphatic hydroxyl groups is 2. The summed E-state index contributed by atoms with van der Waals surface area (Å²) < 4.78 is 64.4. The van der Waals surface area contributed by atoms with E-state index in [0.29, 0.717) is 161 Å². The van der Waals surface area contributed by atoms with E-state index in [9.17, 15) is 43.6 Å². The molecule has 4 aliphatic heterocycles. The van der Waals surface area contributed by atoms with E-state index in [2.05, 4.69) is 125 Å². The molecule has 0 amide bonds. The Kier molecular flexibility index (Phi) is 24.6. The molecule has 16 rings (SSSR count). The molecule has 0 radical (unpaired) electrons. The van der Waals surface area contributed by atoms with Gasteiger partial charge in [-0.05, 0) is 129 Å². The topological polar surface area (TPSA) is 428 Å². The van der Waals surface area contributed by atoms with Crippen LogP contribution in [0.2, 0.25) is 5.02 Å². The number of piperazine rings is 2. The van der Waals surface area contributed by atoms with Gasteiger partial charge in [0.05, 0.1) is 68.8 Å². The summed E-state index contributed by atoms with van der Waals surface area (Å²) in [5.41, 5.74) is 16.1. The van der Waals surface area contributed by atoms with Crippen molar-refractivity contribution in [2.75, 3.05) is 98.8 Å². The van der Waals surface area contributed by atoms with E-state index in [4.69, 9.17) is 27.8 Å². The van der Waals surface area contributed by atoms with E-state index in [1.165, 1.54) is 24.3 Å². The molecule has 115 heavy (non-hydrogen) atoms. The second-order valence-electron chi connectivity index (χ2n) is 30.6. The fourth-order valence-corrected chi connectivity index (χ4v) is 15.3. The van der Waals surface area contributed by atoms with Crippen LogP contribution in [-0.4, -0.2) is 205 Å². The lowest BCUT2D eigenvalue weighted by Gasteiger charge is -2.43. The van der Waals surface area contributed by atoms with E-state index in [1.54, 1.807) is 76.1 Å². The number of nitrogens with zero attached hydrogens (tertiary/aromatic N) is 19. The molecule has 30 nitrogen and oxygen atoms in total. The highest BCUT2D eigenvalue weighted by molar-refractivity contribution is 6.33. The van der Waals surface area contributed by atoms with Gasteiger partial charge in [-0.15, -0.1) is 0 Å². The number of methoxy groups -OCH3 is 1. The van der Waals surface area contributed by atoms with Crippen molar-refractivity contribution < 1.29 is 32.5 Å². The van der Waals surface area contributed by atoms with Gasteiger partial charge in [-0.2, -0.15) is 36.2 Å². The van der Waals surface area contributed by atoms with Crippen molar-refractivity contribution in [1.82, 2.24) is 91.3 Å². The number of anilines is 4. The highest BCUT2D eigenvalue weighted by Crippen LogP contribution is 2.39. The number of aromatic amines is 4. The maximum Gasteiger partial charge on any atom is 0.181 e. The summed E-state index contributed by atoms with van der Waals surface area (Å²) in [5.74, 6) is 0.534. The number of nitrogens with one attached hydrogen (secondary N) is 6. The number of pyridine rings is 8. The van der Waals surface area contributed by atoms with Gasteiger partial charge in [0.2, 0.25) is 0 Å². The first kappa shape index (κ1) is 81.5. The van der Waals surface area contributed by atoms with E-state index < -0.39 is 34.5 Å². The molecule has 0 saturated carbocycles. The lowest BCUT2D eigenvalue weighted by molar-refractivity contribution is -0.0442. The van der Waals surface area contributed by atoms with Gasteiger partial charge in [0, 0.05) is 131 Å². The van der Waals surface area contributed by atoms with Crippen molar-refractivity contribution in [1.29, 1.82) is 15.8 Å². The first-order valence-electron chi connectivity index (χ1n) is 38.0. The molecule has 12 aromatic rings. The molecule has 8 atom stereocenters. The van der Waals surface area contributed by atoms with Crippen LogP contribution in [-0.2, 0) is 4.74 Å². The minimum atomic E-state index is -1.08. The number of hydrogen-bond donors (Lipinski definition) is 10. The first-order chi connectivity index (χ1) is 55.2. The van der Waals surface area contributed by atoms with Crippen molar-refractivity contribution in [3.8, 4) is 63.8 Å². The predicted molar refractivity (Wildman–Crippen MR) is 430 cm³/mol. The number of ether oxygens (including phenoxy) is 1. The number of nitriles is 3. The molecule has 5 unspecified atom stereocenters. The van der Waals surface area contributed by atoms with Crippen molar-refractivity contribution >= 4 is 79.0 Å². The fourth-order valence-electron chi connectivity index (χ4n) is 15.1. The average Bonchev–Trinajstić information content (AvgIpc) is 1.76. The quantitative estimate of drug-likeness (QED) is 0.0379. The minimum Gasteiger partial charge on any atom is -0.388 e. The van der Waals surface area contributed by atoms with Crippen LogP contribution >= 0.6 is 11.6 Å². The van der Waals surface area contributed by atoms with Gasteiger partial charge in [-0.1, -0.05) is 53.1 Å². The molecule has 598 valence electrons. The molecule has 12 aromatic heterocycles. The zero-order valence-electron chi connectivity index (χ0n) is 65.0. The molecule has 4 aliphatic rings. The van der Waals surface area contributed by atoms with Crippen molar-refractivity contribution in [2.45, 2.75) is 104 Å². The minimum absolute atomic E-state index is 0.0214. The van der Waals surface area contributed by atoms with Gasteiger partial charge in [-0.25, -0.2) is 57.4 Å². The maximum absolute atomic E-state index is 15.0. The second kappa shape index (κ2) is 34.7. The summed E-state index contributed by atoms with van der Waals surface area (Å²) in [6.45, 7) is 22.0. The van der Waals surface area contributed by atoms with Gasteiger partial charge in [0.25, 0.3) is 0 Å². The smallest absolute Gasteiger partial charge is 0.181 e. The van der Waals surface area contributed by atoms with Crippen molar-refractivity contribution in [3.63, 3.8) is 0 Å². The molecule has 4 fully saturated rings. The number of halogens is 5. The third-order valence-corrected chi connectivity index (χ3v) is 22.4. The first-order valence-corrected chi connectivity index (χ1v) is 38.4. The summed E-state index contributed by atoms with van der Waals surface area (Å²) >= 11 is 6.35. The number of H-pyrrole nitrogens is 4. The Balaban J connectivity index is 0.000000134. The van der Waals surface area contributed by atoms with Crippen LogP contribution in [0.15, 0.2) is 97.6 Å². The number of rotatable bonds is 17. The lowest BCUT2D eigenvalue weighted by atomic mass is 9.84. The molecule has 16 heterocycles. The van der Waals surface area contributed by atoms with Crippen LogP contribution in [0.4, 0.5) is 40.8 Å². The van der Waals surface area contributed by atoms with Crippen LogP contribution in [0.1, 0.15) is 84.9 Å². The van der Waals surface area contributed by atoms with Gasteiger partial charge in [0.15, 0.2) is 57.5 Å². The van der Waals surface area contributed by atoms with Gasteiger partial charge < -0.3 is 56.7 Å². The molecule has 35 heteroatoms. The number of aromatic nitrogens is 16. The SMILES string of the molecule is CC(C)C(N)[C@H]1CCN(c2nc(-c3[nH]nc4ncccc34)c(C#N)cc2F)C1.CC(C)C(N)[C@H]1CCN(c2nc(-c3[nH]nc4ncccc34)c(F)cc2C#N)C1.CC(C)[C@@](C)(O)C1CN(c2nc(-c3[nH]nc4ncccc34)c(C#N)cc2F)CCN1.COCC(C)(O)C1CN(c2nc(-c3[nH]nc4ncccc34)c(F)cc2Cl)CCN1. The Labute approximate surface area is 665 Å². The number of hydrogen-bond acceptors (Lipinski definition) is 26. The fraction of sp³-hybridized carbons (Fsp3) is 0.412. The monoisotopic (exact) mass is 1590 g/mol. The Bertz CT molecular complexity index is 5620. The highest BCUT2D eigenvalue weighted by Gasteiger charge is 2.41. The van der Waals surface area contributed by atoms with E-state index in [0.717, 1.165) is 24.8 Å². The van der Waals surface area contributed by atoms with Crippen LogP contribution in [0, 0.1) is 86.9 Å². The van der Waals surface area contributed by atoms with Crippen molar-refractivity contribution in [3.05, 3.63) is 143 Å². The molecule has 4 saturated heterocycles. The van der Waals surface area contributed by atoms with Crippen LogP contribution in [0.25, 0.3) is 89.7 Å². The highest BCUT2D eigenvalue weighted by atomic mass is 35.5. The van der Waals surface area contributed by atoms with Gasteiger partial charge in [0.1, 0.15) is 58.2 Å². The third kappa shape index (κ3) is 17.0. The molecule has 0 spiro atoms. The number of fused-ring (bicyclic) bond motifs is 4. The summed E-state index contributed by atoms with van der Waals surface area (Å²) in [4.78, 5) is 42.6. The van der Waals surface area contributed by atoms with E-state index in [1.807, 2.05) is 63.8 Å². The lowest BCUT2D eigenvalue weighted by Crippen LogP contribution is -2.62. The second-order valence-corrected chi connectivity index (χ2v) is 31.0. The summed E-state index contributed by atoms with van der Waals surface area (Å²) in [5, 5.41) is 87.8. The Morgan fingerprint density at radius 3 is 1.27 bits per heavy atom. The third-order valence-electron chi connectivity index (χ3n) is 22.1. The maximum atomic E-state index is 15.0. The Morgan fingerprint density at radius 2 is 0.861 bits per heavy atom. The molecule has 0 bridgehead atoms. The predicted octanol–water partition coefficient (Wildman–Crippen LogP) is 9.88. The molecule has 12 N–H and O–H groups in total. The average molecular weight is 1590 g/mol. The molecular weight excluding hydrogens is 1500 g/mol. The zero-order valence-corrected chi connectivity index (χ0v) is 65.7. The van der Waals surface area contributed by atoms with Crippen LogP contribution < -0.4 is 41.7 Å². The van der Waals surface area contributed by atoms with Gasteiger partial charge in [-0.3, -0.25) is 20.4 Å². The Hall–Kier alpha value is -11.5. The standard InChI is InChI=1S/C21H24FN7O.2C20H22FN7.C19H22ClFN6O2/c1-12(2)21(3,30)16-11-29(8-7-24-16)20-15(22)9-13(10-23)17(26-20)18-14-5-4-6-25-19(14)28-27-18;1-11(2)16(23)12-5-7-28(10-12)20-13(9-22)8-15(21)18(25-20)17-14-4-3-6-24-19(14)27-26-17;1-11(2)16(23)12-5-7-28(10-12)20-15(21)8-13(9-22)17(25-20)18-14-4-3-6-24-19(14)27-26-18;1-19(28,10-29-2)14-9-27(7-6-22-14)18-12(20)8-13(21)16(24-18)15-11-4-3-5-23-17(11)26-25-15/h4-6,9,12,16,24,30H,7-8,11H2,1-3H3,(H,25,27,28);2*3-4,6,8,11-12,16H,5,7,10,23H2,1-2H3,(H,24,26,27);3-5,8,14,22,28H,6-7,9-10H2,1-2H3,(H,23,25,26)/t16?,21-;2*12-,16?;/m100./s1. The molecule has 0 aromatic carbocycles. The van der Waals surface area contributed by atoms with Crippen LogP contribution in [0.5, 0.6) is 0 Å². The normalized spacial score (nSPS) is 18.7. The van der Waals surface area contributed by atoms with Gasteiger partial charge >= 0.3 is 0 Å². The van der Waals surface area contributed by atoms with Crippen LogP contribution in [0.3, 0.4) is 0 Å². The zero-order chi connectivity index (χ0) is 81.7. The largest absolute Gasteiger partial charge is 0.388 e. The van der Waals surface area contributed by atoms with Crippen molar-refractivity contribution in [2.24, 2.45) is 41.1 Å². The summed E-state index contributed by atoms with van der Waals surface area (Å²) in [6, 6.07) is 25.1. The van der Waals surface area contributed by atoms with E-state index >= 15 is 0 Å². The molecule has 0 aliphatic carbocycles.